The van der Waals surface area contributed by atoms with Crippen molar-refractivity contribution in [3.05, 3.63) is 0 Å². The molecular weight excluding hydrogens is 130 g/mol. The van der Waals surface area contributed by atoms with Gasteiger partial charge in [0.2, 0.25) is 0 Å². The predicted octanol–water partition coefficient (Wildman–Crippen LogP) is 0.857. The minimum atomic E-state index is -0.223. The summed E-state index contributed by atoms with van der Waals surface area (Å²) in [5, 5.41) is 0. The van der Waals surface area contributed by atoms with Crippen LogP contribution in [0, 0.1) is 5.92 Å². The molecule has 0 amide bonds. The Bertz CT molecular complexity index is 112. The summed E-state index contributed by atoms with van der Waals surface area (Å²) in [4.78, 5) is 10.7. The van der Waals surface area contributed by atoms with Crippen molar-refractivity contribution in [1.29, 1.82) is 0 Å². The van der Waals surface area contributed by atoms with E-state index in [1.165, 1.54) is 7.11 Å². The van der Waals surface area contributed by atoms with E-state index in [0.29, 0.717) is 6.42 Å². The molecule has 0 aliphatic carbocycles. The summed E-state index contributed by atoms with van der Waals surface area (Å²) >= 11 is 0. The fourth-order valence-corrected chi connectivity index (χ4v) is 0.828. The van der Waals surface area contributed by atoms with Gasteiger partial charge in [0, 0.05) is 6.04 Å². The van der Waals surface area contributed by atoms with Crippen molar-refractivity contribution in [3.8, 4) is 0 Å². The lowest BCUT2D eigenvalue weighted by atomic mass is 10.0. The summed E-state index contributed by atoms with van der Waals surface area (Å²) in [6.07, 6.45) is 0.576. The molecule has 10 heavy (non-hydrogen) atoms. The number of rotatable bonds is 3. The van der Waals surface area contributed by atoms with Gasteiger partial charge in [0.05, 0.1) is 13.0 Å². The molecule has 1 N–H and O–H groups in total. The van der Waals surface area contributed by atoms with Crippen molar-refractivity contribution >= 4 is 5.97 Å². The van der Waals surface area contributed by atoms with Gasteiger partial charge in [0.1, 0.15) is 0 Å². The molecule has 0 aromatic heterocycles. The summed E-state index contributed by atoms with van der Waals surface area (Å²) in [5.41, 5.74) is 7.17. The Morgan fingerprint density at radius 1 is 1.60 bits per heavy atom. The average Bonchev–Trinajstić information content (AvgIpc) is 1.85. The molecule has 0 saturated heterocycles. The van der Waals surface area contributed by atoms with E-state index >= 15 is 0 Å². The number of esters is 1. The van der Waals surface area contributed by atoms with E-state index < -0.39 is 0 Å². The number of nitrogens with one attached hydrogen (secondary N) is 1. The van der Waals surface area contributed by atoms with Gasteiger partial charge in [-0.05, 0) is 13.3 Å². The minimum absolute atomic E-state index is 0.141. The summed E-state index contributed by atoms with van der Waals surface area (Å²) in [5.74, 6) is -0.364. The first-order valence-electron chi connectivity index (χ1n) is 3.37. The maximum atomic E-state index is 10.7. The van der Waals surface area contributed by atoms with E-state index in [2.05, 4.69) is 4.74 Å². The monoisotopic (exact) mass is 144 g/mol. The maximum Gasteiger partial charge on any atom is 0.308 e. The van der Waals surface area contributed by atoms with Crippen molar-refractivity contribution in [3.63, 3.8) is 0 Å². The van der Waals surface area contributed by atoms with Crippen LogP contribution in [0.15, 0.2) is 0 Å². The second kappa shape index (κ2) is 4.28. The third kappa shape index (κ3) is 3.45. The van der Waals surface area contributed by atoms with Crippen molar-refractivity contribution in [2.75, 3.05) is 7.11 Å². The van der Waals surface area contributed by atoms with Crippen LogP contribution in [-0.2, 0) is 9.53 Å². The van der Waals surface area contributed by atoms with Crippen LogP contribution in [0.3, 0.4) is 0 Å². The van der Waals surface area contributed by atoms with Crippen LogP contribution in [0.25, 0.3) is 0 Å². The Labute approximate surface area is 61.5 Å². The number of hydrogen-bond donors (Lipinski definition) is 0. The first kappa shape index (κ1) is 9.43. The topological polar surface area (TPSA) is 50.1 Å². The molecule has 0 heterocycles. The van der Waals surface area contributed by atoms with E-state index in [1.54, 1.807) is 13.8 Å². The zero-order valence-corrected chi connectivity index (χ0v) is 6.68. The highest BCUT2D eigenvalue weighted by atomic mass is 16.5. The van der Waals surface area contributed by atoms with Gasteiger partial charge in [-0.1, -0.05) is 6.92 Å². The normalized spacial score (nSPS) is 16.0. The molecule has 0 aromatic carbocycles. The highest BCUT2D eigenvalue weighted by Gasteiger charge is 2.14. The lowest BCUT2D eigenvalue weighted by molar-refractivity contribution is -0.145. The van der Waals surface area contributed by atoms with Gasteiger partial charge in [-0.2, -0.15) is 0 Å². The van der Waals surface area contributed by atoms with Crippen LogP contribution in [0.2, 0.25) is 0 Å². The van der Waals surface area contributed by atoms with E-state index in [1.807, 2.05) is 0 Å². The van der Waals surface area contributed by atoms with Gasteiger partial charge in [0.25, 0.3) is 0 Å². The standard InChI is InChI=1S/C7H14NO2/c1-5(4-6(2)8)7(9)10-3/h5-6,8H,4H2,1-3H3/t5-,6-/m0/s1. The third-order valence-corrected chi connectivity index (χ3v) is 1.31. The molecular formula is C7H14NO2. The Kier molecular flexibility index (Phi) is 4.03. The van der Waals surface area contributed by atoms with E-state index in [-0.39, 0.29) is 17.9 Å². The third-order valence-electron chi connectivity index (χ3n) is 1.31. The molecule has 0 aliphatic heterocycles. The molecule has 0 bridgehead atoms. The fraction of sp³-hybridized carbons (Fsp3) is 0.857. The molecule has 0 saturated carbocycles. The Hall–Kier alpha value is -0.570. The number of ether oxygens (including phenoxy) is 1. The predicted molar refractivity (Wildman–Crippen MR) is 38.4 cm³/mol. The summed E-state index contributed by atoms with van der Waals surface area (Å²) in [6, 6.07) is -0.186. The molecule has 0 aromatic rings. The van der Waals surface area contributed by atoms with Crippen molar-refractivity contribution in [1.82, 2.24) is 5.73 Å². The van der Waals surface area contributed by atoms with Gasteiger partial charge in [-0.3, -0.25) is 10.5 Å². The Morgan fingerprint density at radius 3 is 2.40 bits per heavy atom. The van der Waals surface area contributed by atoms with Crippen LogP contribution < -0.4 is 5.73 Å². The van der Waals surface area contributed by atoms with Gasteiger partial charge in [-0.15, -0.1) is 0 Å². The van der Waals surface area contributed by atoms with E-state index in [9.17, 15) is 4.79 Å². The summed E-state index contributed by atoms with van der Waals surface area (Å²) < 4.78 is 4.49. The maximum absolute atomic E-state index is 10.7. The molecule has 3 heteroatoms. The molecule has 1 radical (unpaired) electrons. The molecule has 0 fully saturated rings. The van der Waals surface area contributed by atoms with Gasteiger partial charge >= 0.3 is 5.97 Å². The lowest BCUT2D eigenvalue weighted by Gasteiger charge is -2.09. The van der Waals surface area contributed by atoms with Gasteiger partial charge < -0.3 is 4.74 Å². The van der Waals surface area contributed by atoms with Crippen LogP contribution in [0.1, 0.15) is 20.3 Å². The number of carbonyl (C=O) groups is 1. The molecule has 0 unspecified atom stereocenters. The van der Waals surface area contributed by atoms with Crippen LogP contribution in [-0.4, -0.2) is 19.1 Å². The first-order valence-corrected chi connectivity index (χ1v) is 3.37. The largest absolute Gasteiger partial charge is 0.469 e. The quantitative estimate of drug-likeness (QED) is 0.551. The Morgan fingerprint density at radius 2 is 2.10 bits per heavy atom. The van der Waals surface area contributed by atoms with Crippen LogP contribution in [0.5, 0.6) is 0 Å². The highest BCUT2D eigenvalue weighted by Crippen LogP contribution is 2.06. The average molecular weight is 144 g/mol. The zero-order valence-electron chi connectivity index (χ0n) is 6.68. The van der Waals surface area contributed by atoms with Gasteiger partial charge in [-0.25, -0.2) is 0 Å². The molecule has 0 rings (SSSR count). The van der Waals surface area contributed by atoms with E-state index in [4.69, 9.17) is 5.73 Å². The second-order valence-corrected chi connectivity index (χ2v) is 2.56. The van der Waals surface area contributed by atoms with Crippen molar-refractivity contribution in [2.24, 2.45) is 5.92 Å². The van der Waals surface area contributed by atoms with E-state index in [0.717, 1.165) is 0 Å². The summed E-state index contributed by atoms with van der Waals surface area (Å²) in [7, 11) is 1.37. The molecule has 3 nitrogen and oxygen atoms in total. The highest BCUT2D eigenvalue weighted by molar-refractivity contribution is 5.71. The summed E-state index contributed by atoms with van der Waals surface area (Å²) in [6.45, 7) is 3.54. The van der Waals surface area contributed by atoms with Crippen molar-refractivity contribution in [2.45, 2.75) is 26.3 Å². The number of methoxy groups -OCH3 is 1. The Balaban J connectivity index is 3.61. The SMILES string of the molecule is COC(=O)[C@@H](C)C[C@H](C)[NH]. The van der Waals surface area contributed by atoms with Crippen molar-refractivity contribution < 1.29 is 9.53 Å². The molecule has 59 valence electrons. The second-order valence-electron chi connectivity index (χ2n) is 2.56. The molecule has 0 spiro atoms. The molecule has 0 aliphatic rings. The number of carbonyl (C=O) groups excluding carboxylic acids is 1. The minimum Gasteiger partial charge on any atom is -0.469 e. The van der Waals surface area contributed by atoms with Crippen LogP contribution in [0.4, 0.5) is 0 Å². The molecule has 2 atom stereocenters. The fourth-order valence-electron chi connectivity index (χ4n) is 0.828. The zero-order chi connectivity index (χ0) is 8.15. The van der Waals surface area contributed by atoms with Crippen LogP contribution >= 0.6 is 0 Å². The smallest absolute Gasteiger partial charge is 0.308 e. The lowest BCUT2D eigenvalue weighted by Crippen LogP contribution is -2.18. The number of hydrogen-bond acceptors (Lipinski definition) is 2. The van der Waals surface area contributed by atoms with Gasteiger partial charge in [0.15, 0.2) is 0 Å². The first-order chi connectivity index (χ1) is 4.57.